The Morgan fingerprint density at radius 3 is 2.42 bits per heavy atom. The van der Waals surface area contributed by atoms with E-state index in [0.717, 1.165) is 11.3 Å². The van der Waals surface area contributed by atoms with Gasteiger partial charge in [0.25, 0.3) is 0 Å². The molecule has 0 saturated heterocycles. The molecule has 0 aromatic carbocycles. The van der Waals surface area contributed by atoms with Gasteiger partial charge in [0.1, 0.15) is 0 Å². The third-order valence-electron chi connectivity index (χ3n) is 3.90. The summed E-state index contributed by atoms with van der Waals surface area (Å²) in [6.45, 7) is 2.52. The molecule has 0 nitrogen and oxygen atoms in total. The molecule has 0 amide bonds. The number of rotatable bonds is 1. The summed E-state index contributed by atoms with van der Waals surface area (Å²) in [6.07, 6.45) is 12.8. The molecule has 0 heterocycles. The third-order valence-corrected chi connectivity index (χ3v) is 3.90. The second kappa shape index (κ2) is 4.21. The molecule has 0 bridgehead atoms. The SMILES string of the molecule is CC1(C2C[CH-]CC2)CCCC1.[Li+]. The molecule has 0 radical (unpaired) electrons. The Hall–Kier alpha value is 0.597. The van der Waals surface area contributed by atoms with Gasteiger partial charge in [0.05, 0.1) is 0 Å². The van der Waals surface area contributed by atoms with Crippen molar-refractivity contribution in [2.24, 2.45) is 11.3 Å². The van der Waals surface area contributed by atoms with Crippen LogP contribution in [0, 0.1) is 17.8 Å². The average molecular weight is 158 g/mol. The van der Waals surface area contributed by atoms with Gasteiger partial charge in [0.15, 0.2) is 0 Å². The Kier molecular flexibility index (Phi) is 3.74. The predicted octanol–water partition coefficient (Wildman–Crippen LogP) is 0.575. The molecule has 0 aromatic rings. The summed E-state index contributed by atoms with van der Waals surface area (Å²) in [7, 11) is 0. The van der Waals surface area contributed by atoms with E-state index in [1.807, 2.05) is 0 Å². The van der Waals surface area contributed by atoms with E-state index < -0.39 is 0 Å². The molecule has 0 N–H and O–H groups in total. The van der Waals surface area contributed by atoms with E-state index in [9.17, 15) is 0 Å². The van der Waals surface area contributed by atoms with Crippen LogP contribution in [0.3, 0.4) is 0 Å². The van der Waals surface area contributed by atoms with Gasteiger partial charge in [-0.2, -0.15) is 12.8 Å². The first-order chi connectivity index (χ1) is 5.31. The fourth-order valence-corrected chi connectivity index (χ4v) is 2.98. The zero-order valence-corrected chi connectivity index (χ0v) is 8.60. The molecule has 2 aliphatic carbocycles. The standard InChI is InChI=1S/C11H19.Li/c1-11(8-4-5-9-11)10-6-2-3-7-10;/h2,10H,3-9H2,1H3;/q-1;+1. The summed E-state index contributed by atoms with van der Waals surface area (Å²) >= 11 is 0. The minimum Gasteiger partial charge on any atom is -0.328 e. The van der Waals surface area contributed by atoms with Crippen molar-refractivity contribution >= 4 is 0 Å². The molecule has 1 unspecified atom stereocenters. The Morgan fingerprint density at radius 1 is 1.25 bits per heavy atom. The van der Waals surface area contributed by atoms with Crippen LogP contribution in [-0.2, 0) is 0 Å². The normalized spacial score (nSPS) is 33.2. The molecule has 1 heteroatoms. The quantitative estimate of drug-likeness (QED) is 0.387. The van der Waals surface area contributed by atoms with Gasteiger partial charge < -0.3 is 6.42 Å². The van der Waals surface area contributed by atoms with E-state index in [0.29, 0.717) is 0 Å². The molecule has 0 aliphatic heterocycles. The molecule has 2 rings (SSSR count). The van der Waals surface area contributed by atoms with Crippen molar-refractivity contribution < 1.29 is 18.9 Å². The van der Waals surface area contributed by atoms with Gasteiger partial charge in [0, 0.05) is 0 Å². The van der Waals surface area contributed by atoms with Crippen LogP contribution in [0.5, 0.6) is 0 Å². The second-order valence-electron chi connectivity index (χ2n) is 4.66. The van der Waals surface area contributed by atoms with Gasteiger partial charge in [-0.15, -0.1) is 0 Å². The van der Waals surface area contributed by atoms with Gasteiger partial charge in [-0.05, 0) is 18.3 Å². The van der Waals surface area contributed by atoms with Gasteiger partial charge in [-0.1, -0.05) is 32.1 Å². The van der Waals surface area contributed by atoms with Gasteiger partial charge >= 0.3 is 18.9 Å². The smallest absolute Gasteiger partial charge is 0.328 e. The van der Waals surface area contributed by atoms with E-state index in [1.54, 1.807) is 0 Å². The van der Waals surface area contributed by atoms with Gasteiger partial charge in [-0.25, -0.2) is 0 Å². The Bertz CT molecular complexity index is 130. The molecular weight excluding hydrogens is 139 g/mol. The Balaban J connectivity index is 0.000000720. The van der Waals surface area contributed by atoms with Crippen molar-refractivity contribution in [2.45, 2.75) is 51.9 Å². The summed E-state index contributed by atoms with van der Waals surface area (Å²) in [5, 5.41) is 0. The van der Waals surface area contributed by atoms with Crippen molar-refractivity contribution in [2.75, 3.05) is 0 Å². The van der Waals surface area contributed by atoms with Crippen LogP contribution in [0.4, 0.5) is 0 Å². The Morgan fingerprint density at radius 2 is 1.92 bits per heavy atom. The van der Waals surface area contributed by atoms with Crippen molar-refractivity contribution in [3.8, 4) is 0 Å². The number of hydrogen-bond donors (Lipinski definition) is 0. The fourth-order valence-electron chi connectivity index (χ4n) is 2.98. The van der Waals surface area contributed by atoms with E-state index in [2.05, 4.69) is 13.3 Å². The summed E-state index contributed by atoms with van der Waals surface area (Å²) in [5.41, 5.74) is 0.743. The minimum atomic E-state index is 0. The minimum absolute atomic E-state index is 0. The first-order valence-electron chi connectivity index (χ1n) is 5.13. The zero-order valence-electron chi connectivity index (χ0n) is 8.60. The summed E-state index contributed by atoms with van der Waals surface area (Å²) in [5.74, 6) is 1.05. The molecular formula is C11H19Li. The molecule has 12 heavy (non-hydrogen) atoms. The molecule has 0 aromatic heterocycles. The van der Waals surface area contributed by atoms with Crippen LogP contribution in [0.1, 0.15) is 51.9 Å². The average Bonchev–Trinajstić information content (AvgIpc) is 2.55. The van der Waals surface area contributed by atoms with Crippen LogP contribution < -0.4 is 18.9 Å². The van der Waals surface area contributed by atoms with Crippen molar-refractivity contribution in [1.82, 2.24) is 0 Å². The first-order valence-corrected chi connectivity index (χ1v) is 5.13. The molecule has 0 spiro atoms. The largest absolute Gasteiger partial charge is 1.00 e. The first kappa shape index (κ1) is 10.7. The van der Waals surface area contributed by atoms with Crippen molar-refractivity contribution in [1.29, 1.82) is 0 Å². The topological polar surface area (TPSA) is 0 Å². The van der Waals surface area contributed by atoms with E-state index in [4.69, 9.17) is 0 Å². The molecule has 2 saturated carbocycles. The van der Waals surface area contributed by atoms with Crippen LogP contribution in [0.2, 0.25) is 0 Å². The van der Waals surface area contributed by atoms with Crippen molar-refractivity contribution in [3.05, 3.63) is 6.42 Å². The maximum Gasteiger partial charge on any atom is 1.00 e. The Labute approximate surface area is 88.7 Å². The second-order valence-corrected chi connectivity index (χ2v) is 4.66. The monoisotopic (exact) mass is 158 g/mol. The number of hydrogen-bond acceptors (Lipinski definition) is 0. The van der Waals surface area contributed by atoms with Crippen LogP contribution in [-0.4, -0.2) is 0 Å². The zero-order chi connectivity index (χ0) is 7.73. The molecule has 1 atom stereocenters. The van der Waals surface area contributed by atoms with Crippen molar-refractivity contribution in [3.63, 3.8) is 0 Å². The molecule has 2 fully saturated rings. The van der Waals surface area contributed by atoms with Gasteiger partial charge in [0.2, 0.25) is 0 Å². The summed E-state index contributed by atoms with van der Waals surface area (Å²) in [6, 6.07) is 0. The fraction of sp³-hybridized carbons (Fsp3) is 0.909. The third kappa shape index (κ3) is 1.91. The maximum atomic E-state index is 2.52. The van der Waals surface area contributed by atoms with Gasteiger partial charge in [-0.3, -0.25) is 0 Å². The summed E-state index contributed by atoms with van der Waals surface area (Å²) in [4.78, 5) is 0. The molecule has 64 valence electrons. The van der Waals surface area contributed by atoms with Crippen LogP contribution >= 0.6 is 0 Å². The van der Waals surface area contributed by atoms with Crippen LogP contribution in [0.15, 0.2) is 0 Å². The maximum absolute atomic E-state index is 2.52. The van der Waals surface area contributed by atoms with E-state index >= 15 is 0 Å². The predicted molar refractivity (Wildman–Crippen MR) is 48.2 cm³/mol. The van der Waals surface area contributed by atoms with Crippen LogP contribution in [0.25, 0.3) is 0 Å². The molecule has 2 aliphatic rings. The summed E-state index contributed by atoms with van der Waals surface area (Å²) < 4.78 is 0. The van der Waals surface area contributed by atoms with E-state index in [-0.39, 0.29) is 18.9 Å². The van der Waals surface area contributed by atoms with E-state index in [1.165, 1.54) is 44.9 Å².